The van der Waals surface area contributed by atoms with Gasteiger partial charge in [0.2, 0.25) is 0 Å². The van der Waals surface area contributed by atoms with Gasteiger partial charge in [0.1, 0.15) is 0 Å². The molecule has 14 rings (SSSR count). The number of nitrogens with zero attached hydrogens (tertiary/aromatic N) is 3. The van der Waals surface area contributed by atoms with Crippen molar-refractivity contribution in [2.24, 2.45) is 0 Å². The van der Waals surface area contributed by atoms with Crippen LogP contribution < -0.4 is 14.7 Å². The van der Waals surface area contributed by atoms with Gasteiger partial charge < -0.3 is 14.7 Å². The highest BCUT2D eigenvalue weighted by molar-refractivity contribution is 7.27. The third-order valence-corrected chi connectivity index (χ3v) is 17.0. The van der Waals surface area contributed by atoms with Crippen LogP contribution in [0.3, 0.4) is 0 Å². The van der Waals surface area contributed by atoms with E-state index < -0.39 is 0 Å². The molecule has 0 aliphatic heterocycles. The number of rotatable bonds is 9. The molecule has 0 aliphatic rings. The van der Waals surface area contributed by atoms with Gasteiger partial charge in [-0.05, 0) is 109 Å². The van der Waals surface area contributed by atoms with Crippen LogP contribution in [0.5, 0.6) is 0 Å². The Morgan fingerprint density at radius 2 is 0.657 bits per heavy atom. The first-order chi connectivity index (χ1) is 34.7. The molecule has 0 spiro atoms. The lowest BCUT2D eigenvalue weighted by molar-refractivity contribution is 1.27. The van der Waals surface area contributed by atoms with Crippen molar-refractivity contribution in [2.75, 3.05) is 14.7 Å². The predicted octanol–water partition coefficient (Wildman–Crippen LogP) is 20.4. The van der Waals surface area contributed by atoms with Crippen molar-refractivity contribution in [3.05, 3.63) is 249 Å². The summed E-state index contributed by atoms with van der Waals surface area (Å²) >= 11 is 5.61. The zero-order valence-electron chi connectivity index (χ0n) is 37.7. The van der Waals surface area contributed by atoms with Gasteiger partial charge in [-0.1, -0.05) is 140 Å². The SMILES string of the molecule is c1ccc(N(c2cc(N(c3ccccc3)c3ccc4c(c3)sc3ccccc34)c3c(c2)sc2c4ccccc4c(N(c4ccccc4)c4ccccc4)cc23)c2ccc3sc4ccccc4c3c2)cc1. The zero-order chi connectivity index (χ0) is 46.1. The molecule has 14 aromatic rings. The number of fused-ring (bicyclic) bond motifs is 11. The number of para-hydroxylation sites is 4. The number of hydrogen-bond donors (Lipinski definition) is 0. The Hall–Kier alpha value is -8.26. The zero-order valence-corrected chi connectivity index (χ0v) is 40.2. The van der Waals surface area contributed by atoms with E-state index >= 15 is 0 Å². The summed E-state index contributed by atoms with van der Waals surface area (Å²) < 4.78 is 7.62. The molecular formula is C64H41N3S3. The average molecular weight is 948 g/mol. The van der Waals surface area contributed by atoms with E-state index in [9.17, 15) is 0 Å². The van der Waals surface area contributed by atoms with Gasteiger partial charge in [0, 0.05) is 111 Å². The standard InChI is InChI=1S/C64H41N3S3/c1-5-19-42(20-6-1)65(46-34-36-60-54(37-46)51-29-16-18-32-59(51)68-60)48-38-57(67(45-25-11-4-12-26-45)47-33-35-52-50-28-15-17-31-58(50)69-61(52)39-47)63-55-41-56(49-27-13-14-30-53(49)64(55)70-62(63)40-48)66(43-21-7-2-8-22-43)44-23-9-3-10-24-44/h1-41H. The normalized spacial score (nSPS) is 11.7. The quantitative estimate of drug-likeness (QED) is 0.143. The summed E-state index contributed by atoms with van der Waals surface area (Å²) in [6.07, 6.45) is 0. The van der Waals surface area contributed by atoms with Crippen molar-refractivity contribution in [1.29, 1.82) is 0 Å². The Bertz CT molecular complexity index is 4220. The first-order valence-corrected chi connectivity index (χ1v) is 26.0. The van der Waals surface area contributed by atoms with E-state index in [1.54, 1.807) is 0 Å². The molecule has 0 fully saturated rings. The topological polar surface area (TPSA) is 9.72 Å². The molecular weight excluding hydrogens is 907 g/mol. The van der Waals surface area contributed by atoms with Crippen LogP contribution in [0, 0.1) is 0 Å². The maximum absolute atomic E-state index is 2.50. The largest absolute Gasteiger partial charge is 0.310 e. The van der Waals surface area contributed by atoms with Crippen molar-refractivity contribution in [3.63, 3.8) is 0 Å². The van der Waals surface area contributed by atoms with Gasteiger partial charge in [0.25, 0.3) is 0 Å². The fourth-order valence-electron chi connectivity index (χ4n) is 10.5. The Kier molecular flexibility index (Phi) is 9.76. The van der Waals surface area contributed by atoms with E-state index in [1.165, 1.54) is 71.3 Å². The van der Waals surface area contributed by atoms with Crippen LogP contribution >= 0.6 is 34.0 Å². The van der Waals surface area contributed by atoms with Crippen molar-refractivity contribution in [2.45, 2.75) is 0 Å². The minimum Gasteiger partial charge on any atom is -0.310 e. The molecule has 0 unspecified atom stereocenters. The summed E-state index contributed by atoms with van der Waals surface area (Å²) in [4.78, 5) is 7.38. The van der Waals surface area contributed by atoms with Gasteiger partial charge >= 0.3 is 0 Å². The minimum atomic E-state index is 1.09. The molecule has 0 atom stereocenters. The molecule has 0 saturated carbocycles. The van der Waals surface area contributed by atoms with Crippen LogP contribution in [0.2, 0.25) is 0 Å². The van der Waals surface area contributed by atoms with E-state index in [2.05, 4.69) is 263 Å². The van der Waals surface area contributed by atoms with Crippen LogP contribution in [0.25, 0.3) is 71.3 Å². The maximum atomic E-state index is 2.50. The van der Waals surface area contributed by atoms with Gasteiger partial charge in [0.15, 0.2) is 0 Å². The second-order valence-corrected chi connectivity index (χ2v) is 20.9. The molecule has 0 bridgehead atoms. The van der Waals surface area contributed by atoms with Crippen molar-refractivity contribution >= 4 is 156 Å². The van der Waals surface area contributed by atoms with Gasteiger partial charge in [-0.15, -0.1) is 34.0 Å². The van der Waals surface area contributed by atoms with Crippen LogP contribution in [-0.4, -0.2) is 0 Å². The molecule has 0 amide bonds. The van der Waals surface area contributed by atoms with Crippen molar-refractivity contribution in [3.8, 4) is 0 Å². The van der Waals surface area contributed by atoms with Gasteiger partial charge in [0.05, 0.1) is 11.4 Å². The van der Waals surface area contributed by atoms with E-state index in [0.29, 0.717) is 0 Å². The van der Waals surface area contributed by atoms with Crippen molar-refractivity contribution < 1.29 is 0 Å². The highest BCUT2D eigenvalue weighted by Crippen LogP contribution is 2.53. The highest BCUT2D eigenvalue weighted by Gasteiger charge is 2.26. The molecule has 3 heterocycles. The molecule has 0 radical (unpaired) electrons. The summed E-state index contributed by atoms with van der Waals surface area (Å²) in [6.45, 7) is 0. The summed E-state index contributed by atoms with van der Waals surface area (Å²) in [6, 6.07) is 91.3. The van der Waals surface area contributed by atoms with Crippen LogP contribution in [0.15, 0.2) is 249 Å². The molecule has 70 heavy (non-hydrogen) atoms. The predicted molar refractivity (Wildman–Crippen MR) is 307 cm³/mol. The first kappa shape index (κ1) is 40.8. The van der Waals surface area contributed by atoms with Gasteiger partial charge in [-0.25, -0.2) is 0 Å². The molecule has 3 aromatic heterocycles. The lowest BCUT2D eigenvalue weighted by atomic mass is 10.00. The lowest BCUT2D eigenvalue weighted by Gasteiger charge is -2.30. The third kappa shape index (κ3) is 6.75. The van der Waals surface area contributed by atoms with E-state index in [1.807, 2.05) is 34.0 Å². The van der Waals surface area contributed by atoms with E-state index in [4.69, 9.17) is 0 Å². The van der Waals surface area contributed by atoms with E-state index in [-0.39, 0.29) is 0 Å². The minimum absolute atomic E-state index is 1.09. The van der Waals surface area contributed by atoms with Gasteiger partial charge in [-0.3, -0.25) is 0 Å². The molecule has 0 saturated heterocycles. The van der Waals surface area contributed by atoms with Gasteiger partial charge in [-0.2, -0.15) is 0 Å². The van der Waals surface area contributed by atoms with Crippen LogP contribution in [0.4, 0.5) is 51.2 Å². The second kappa shape index (κ2) is 16.8. The fourth-order valence-corrected chi connectivity index (χ4v) is 14.0. The smallest absolute Gasteiger partial charge is 0.0575 e. The number of anilines is 9. The second-order valence-electron chi connectivity index (χ2n) is 17.7. The maximum Gasteiger partial charge on any atom is 0.0575 e. The van der Waals surface area contributed by atoms with Crippen LogP contribution in [-0.2, 0) is 0 Å². The highest BCUT2D eigenvalue weighted by atomic mass is 32.1. The Labute approximate surface area is 417 Å². The molecule has 330 valence electrons. The Morgan fingerprint density at radius 3 is 1.29 bits per heavy atom. The Balaban J connectivity index is 1.10. The molecule has 3 nitrogen and oxygen atoms in total. The van der Waals surface area contributed by atoms with E-state index in [0.717, 1.165) is 51.2 Å². The average Bonchev–Trinajstić information content (AvgIpc) is 4.11. The summed E-state index contributed by atoms with van der Waals surface area (Å²) in [5.41, 5.74) is 9.96. The fraction of sp³-hybridized carbons (Fsp3) is 0. The third-order valence-electron chi connectivity index (χ3n) is 13.6. The molecule has 11 aromatic carbocycles. The first-order valence-electron chi connectivity index (χ1n) is 23.6. The number of benzene rings is 11. The monoisotopic (exact) mass is 947 g/mol. The summed E-state index contributed by atoms with van der Waals surface area (Å²) in [7, 11) is 0. The number of thiophene rings is 3. The molecule has 0 aliphatic carbocycles. The molecule has 0 N–H and O–H groups in total. The summed E-state index contributed by atoms with van der Waals surface area (Å²) in [5.74, 6) is 0. The van der Waals surface area contributed by atoms with Crippen molar-refractivity contribution in [1.82, 2.24) is 0 Å². The lowest BCUT2D eigenvalue weighted by Crippen LogP contribution is -2.13. The number of hydrogen-bond acceptors (Lipinski definition) is 6. The van der Waals surface area contributed by atoms with Crippen LogP contribution in [0.1, 0.15) is 0 Å². The summed E-state index contributed by atoms with van der Waals surface area (Å²) in [5, 5.41) is 9.99. The molecule has 6 heteroatoms. The Morgan fingerprint density at radius 1 is 0.214 bits per heavy atom.